The molecule has 0 bridgehead atoms. The van der Waals surface area contributed by atoms with Crippen LogP contribution in [0.25, 0.3) is 0 Å². The zero-order valence-corrected chi connectivity index (χ0v) is 12.2. The second-order valence-electron chi connectivity index (χ2n) is 3.80. The fourth-order valence-electron chi connectivity index (χ4n) is 1.44. The Hall–Kier alpha value is -1.05. The molecule has 0 aromatic heterocycles. The highest BCUT2D eigenvalue weighted by atomic mass is 127. The number of hydrogen-bond acceptors (Lipinski definition) is 0. The van der Waals surface area contributed by atoms with Crippen molar-refractivity contribution in [2.45, 2.75) is 6.42 Å². The highest BCUT2D eigenvalue weighted by molar-refractivity contribution is 6.50. The van der Waals surface area contributed by atoms with E-state index in [9.17, 15) is 17.3 Å². The lowest BCUT2D eigenvalue weighted by Gasteiger charge is -2.00. The van der Waals surface area contributed by atoms with E-state index in [1.807, 2.05) is 22.6 Å². The van der Waals surface area contributed by atoms with Crippen LogP contribution in [0, 0.1) is 3.57 Å². The summed E-state index contributed by atoms with van der Waals surface area (Å²) < 4.78 is 40.3. The Morgan fingerprint density at radius 3 is 1.63 bits per heavy atom. The minimum absolute atomic E-state index is 1.03. The number of benzene rings is 2. The summed E-state index contributed by atoms with van der Waals surface area (Å²) in [5.74, 6) is 0. The van der Waals surface area contributed by atoms with Crippen molar-refractivity contribution in [2.24, 2.45) is 0 Å². The fraction of sp³-hybridized carbons (Fsp3) is 0.0769. The van der Waals surface area contributed by atoms with E-state index in [0.717, 1.165) is 6.42 Å². The van der Waals surface area contributed by atoms with E-state index >= 15 is 0 Å². The van der Waals surface area contributed by atoms with Crippen molar-refractivity contribution >= 4 is 7.25 Å². The van der Waals surface area contributed by atoms with Gasteiger partial charge in [-0.15, -0.1) is 0 Å². The average Bonchev–Trinajstić information content (AvgIpc) is 2.31. The summed E-state index contributed by atoms with van der Waals surface area (Å²) >= 11 is 2.05. The van der Waals surface area contributed by atoms with E-state index < -0.39 is 7.25 Å². The smallest absolute Gasteiger partial charge is 0.418 e. The maximum Gasteiger partial charge on any atom is 0.673 e. The van der Waals surface area contributed by atoms with E-state index in [2.05, 4.69) is 54.6 Å². The van der Waals surface area contributed by atoms with Gasteiger partial charge in [0, 0.05) is 0 Å². The van der Waals surface area contributed by atoms with Crippen molar-refractivity contribution in [1.29, 1.82) is 0 Å². The fourth-order valence-corrected chi connectivity index (χ4v) is 1.83. The van der Waals surface area contributed by atoms with Gasteiger partial charge in [-0.2, -0.15) is 0 Å². The standard InChI is InChI=1S/C13H12I.BF4/c14-13-8-6-12(7-9-13)10-11-4-2-1-3-5-11;2-1(3,4)5/h1-9,14H,10H2;/q+1;-1. The highest BCUT2D eigenvalue weighted by Gasteiger charge is 2.20. The zero-order chi connectivity index (χ0) is 14.3. The van der Waals surface area contributed by atoms with Crippen molar-refractivity contribution in [2.75, 3.05) is 0 Å². The van der Waals surface area contributed by atoms with Gasteiger partial charge in [0.15, 0.2) is 3.57 Å². The van der Waals surface area contributed by atoms with E-state index in [4.69, 9.17) is 0 Å². The van der Waals surface area contributed by atoms with Crippen LogP contribution in [0.2, 0.25) is 0 Å². The molecule has 102 valence electrons. The maximum atomic E-state index is 9.75. The third kappa shape index (κ3) is 8.64. The van der Waals surface area contributed by atoms with Crippen molar-refractivity contribution in [3.63, 3.8) is 0 Å². The molecule has 19 heavy (non-hydrogen) atoms. The summed E-state index contributed by atoms with van der Waals surface area (Å²) in [6.07, 6.45) is 1.03. The molecule has 0 aliphatic carbocycles. The van der Waals surface area contributed by atoms with Crippen LogP contribution < -0.4 is 22.6 Å². The van der Waals surface area contributed by atoms with Crippen molar-refractivity contribution in [3.8, 4) is 0 Å². The first-order valence-corrected chi connectivity index (χ1v) is 6.68. The van der Waals surface area contributed by atoms with Gasteiger partial charge in [0.1, 0.15) is 0 Å². The van der Waals surface area contributed by atoms with Gasteiger partial charge in [-0.05, 0) is 29.7 Å². The minimum Gasteiger partial charge on any atom is -0.418 e. The molecule has 0 saturated heterocycles. The van der Waals surface area contributed by atoms with E-state index in [1.165, 1.54) is 14.7 Å². The number of rotatable bonds is 2. The first-order chi connectivity index (χ1) is 8.84. The molecule has 0 aliphatic rings. The van der Waals surface area contributed by atoms with Gasteiger partial charge < -0.3 is 17.3 Å². The molecule has 0 radical (unpaired) electrons. The zero-order valence-electron chi connectivity index (χ0n) is 9.90. The van der Waals surface area contributed by atoms with E-state index in [1.54, 1.807) is 0 Å². The molecule has 2 aromatic rings. The Morgan fingerprint density at radius 2 is 1.16 bits per heavy atom. The van der Waals surface area contributed by atoms with Gasteiger partial charge in [-0.1, -0.05) is 42.5 Å². The SMILES string of the molecule is F[B-](F)(F)F.[IH+]c1ccc(Cc2ccccc2)cc1. The molecule has 0 atom stereocenters. The molecule has 0 fully saturated rings. The molecule has 0 heterocycles. The quantitative estimate of drug-likeness (QED) is 0.414. The molecule has 0 spiro atoms. The van der Waals surface area contributed by atoms with Crippen LogP contribution >= 0.6 is 0 Å². The second kappa shape index (κ2) is 7.52. The largest absolute Gasteiger partial charge is 0.673 e. The van der Waals surface area contributed by atoms with Crippen LogP contribution in [0.5, 0.6) is 0 Å². The Balaban J connectivity index is 0.000000312. The van der Waals surface area contributed by atoms with Gasteiger partial charge in [-0.25, -0.2) is 0 Å². The molecular formula is C13H12BF4I. The second-order valence-corrected chi connectivity index (χ2v) is 5.15. The predicted molar refractivity (Wildman–Crippen MR) is 66.0 cm³/mol. The molecular weight excluding hydrogens is 370 g/mol. The molecule has 2 rings (SSSR count). The van der Waals surface area contributed by atoms with Crippen LogP contribution in [0.4, 0.5) is 17.3 Å². The van der Waals surface area contributed by atoms with Gasteiger partial charge in [0.05, 0.1) is 0 Å². The Bertz CT molecular complexity index is 476. The summed E-state index contributed by atoms with van der Waals surface area (Å²) in [6.45, 7) is 0. The molecule has 6 heteroatoms. The highest BCUT2D eigenvalue weighted by Crippen LogP contribution is 2.08. The van der Waals surface area contributed by atoms with Crippen molar-refractivity contribution < 1.29 is 39.9 Å². The molecule has 0 aliphatic heterocycles. The lowest BCUT2D eigenvalue weighted by molar-refractivity contribution is -0.328. The normalized spacial score (nSPS) is 10.6. The summed E-state index contributed by atoms with van der Waals surface area (Å²) in [5.41, 5.74) is 2.75. The molecule has 0 saturated carbocycles. The Morgan fingerprint density at radius 1 is 0.737 bits per heavy atom. The summed E-state index contributed by atoms with van der Waals surface area (Å²) in [7, 11) is -6.00. The van der Waals surface area contributed by atoms with Gasteiger partial charge in [0.2, 0.25) is 0 Å². The van der Waals surface area contributed by atoms with Gasteiger partial charge in [-0.3, -0.25) is 0 Å². The van der Waals surface area contributed by atoms with Crippen LogP contribution in [0.15, 0.2) is 54.6 Å². The topological polar surface area (TPSA) is 0 Å². The van der Waals surface area contributed by atoms with E-state index in [0.29, 0.717) is 0 Å². The summed E-state index contributed by atoms with van der Waals surface area (Å²) in [4.78, 5) is 0. The molecule has 2 aromatic carbocycles. The lowest BCUT2D eigenvalue weighted by Crippen LogP contribution is -3.34. The lowest BCUT2D eigenvalue weighted by atomic mass is 10.1. The van der Waals surface area contributed by atoms with Crippen molar-refractivity contribution in [3.05, 3.63) is 69.3 Å². The number of hydrogen-bond donors (Lipinski definition) is 0. The van der Waals surface area contributed by atoms with Gasteiger partial charge in [0.25, 0.3) is 22.6 Å². The van der Waals surface area contributed by atoms with Crippen LogP contribution in [0.3, 0.4) is 0 Å². The summed E-state index contributed by atoms with van der Waals surface area (Å²) in [6, 6.07) is 19.3. The molecule has 0 unspecified atom stereocenters. The van der Waals surface area contributed by atoms with Crippen LogP contribution in [0.1, 0.15) is 11.1 Å². The monoisotopic (exact) mass is 382 g/mol. The van der Waals surface area contributed by atoms with E-state index in [-0.39, 0.29) is 0 Å². The number of halogens is 5. The Labute approximate surface area is 123 Å². The van der Waals surface area contributed by atoms with Crippen molar-refractivity contribution in [1.82, 2.24) is 0 Å². The first-order valence-electron chi connectivity index (χ1n) is 5.52. The third-order valence-electron chi connectivity index (χ3n) is 2.17. The van der Waals surface area contributed by atoms with Crippen LogP contribution in [-0.2, 0) is 6.42 Å². The predicted octanol–water partition coefficient (Wildman–Crippen LogP) is 1.03. The summed E-state index contributed by atoms with van der Waals surface area (Å²) in [5, 5.41) is 0. The minimum atomic E-state index is -6.00. The van der Waals surface area contributed by atoms with Gasteiger partial charge >= 0.3 is 7.25 Å². The molecule has 0 N–H and O–H groups in total. The first kappa shape index (κ1) is 16.0. The van der Waals surface area contributed by atoms with Crippen LogP contribution in [-0.4, -0.2) is 7.25 Å². The maximum absolute atomic E-state index is 9.75. The molecule has 0 nitrogen and oxygen atoms in total. The molecule has 0 amide bonds. The average molecular weight is 382 g/mol. The third-order valence-corrected chi connectivity index (χ3v) is 2.95. The Kier molecular flexibility index (Phi) is 6.34.